The van der Waals surface area contributed by atoms with Crippen molar-refractivity contribution in [1.29, 1.82) is 0 Å². The number of hydrogen-bond donors (Lipinski definition) is 1. The first-order chi connectivity index (χ1) is 7.77. The highest BCUT2D eigenvalue weighted by Crippen LogP contribution is 2.42. The number of rotatable bonds is 4. The van der Waals surface area contributed by atoms with Crippen LogP contribution >= 0.6 is 0 Å². The molecule has 1 atom stereocenters. The van der Waals surface area contributed by atoms with Crippen LogP contribution in [0, 0.1) is 11.8 Å². The topological polar surface area (TPSA) is 26.0 Å². The summed E-state index contributed by atoms with van der Waals surface area (Å²) in [5.41, 5.74) is 5.88. The van der Waals surface area contributed by atoms with Crippen molar-refractivity contribution in [1.82, 2.24) is 0 Å². The van der Waals surface area contributed by atoms with Crippen LogP contribution in [0.4, 0.5) is 13.2 Å². The molecule has 17 heavy (non-hydrogen) atoms. The second-order valence-electron chi connectivity index (χ2n) is 5.78. The van der Waals surface area contributed by atoms with E-state index in [1.807, 2.05) is 0 Å². The molecule has 1 fully saturated rings. The molecule has 2 N–H and O–H groups in total. The molecule has 0 saturated heterocycles. The van der Waals surface area contributed by atoms with Gasteiger partial charge in [0.2, 0.25) is 0 Å². The summed E-state index contributed by atoms with van der Waals surface area (Å²) in [7, 11) is 0. The van der Waals surface area contributed by atoms with Gasteiger partial charge in [0.15, 0.2) is 0 Å². The molecule has 1 rings (SSSR count). The van der Waals surface area contributed by atoms with Crippen LogP contribution in [-0.4, -0.2) is 11.7 Å². The van der Waals surface area contributed by atoms with Crippen molar-refractivity contribution in [3.63, 3.8) is 0 Å². The van der Waals surface area contributed by atoms with Gasteiger partial charge in [0, 0.05) is 5.54 Å². The first kappa shape index (κ1) is 14.8. The van der Waals surface area contributed by atoms with Gasteiger partial charge in [-0.2, -0.15) is 13.2 Å². The van der Waals surface area contributed by atoms with E-state index in [2.05, 4.69) is 13.8 Å². The Hall–Kier alpha value is -0.250. The Morgan fingerprint density at radius 3 is 2.24 bits per heavy atom. The van der Waals surface area contributed by atoms with E-state index in [9.17, 15) is 13.2 Å². The van der Waals surface area contributed by atoms with Crippen LogP contribution in [0.5, 0.6) is 0 Å². The second-order valence-corrected chi connectivity index (χ2v) is 5.78. The van der Waals surface area contributed by atoms with Crippen molar-refractivity contribution < 1.29 is 13.2 Å². The van der Waals surface area contributed by atoms with Crippen LogP contribution in [0.2, 0.25) is 0 Å². The summed E-state index contributed by atoms with van der Waals surface area (Å²) in [5, 5.41) is 0. The van der Waals surface area contributed by atoms with Crippen LogP contribution in [0.25, 0.3) is 0 Å². The van der Waals surface area contributed by atoms with Gasteiger partial charge in [0.1, 0.15) is 0 Å². The predicted octanol–water partition coefficient (Wildman–Crippen LogP) is 4.26. The van der Waals surface area contributed by atoms with E-state index in [4.69, 9.17) is 5.73 Å². The monoisotopic (exact) mass is 251 g/mol. The van der Waals surface area contributed by atoms with E-state index in [1.54, 1.807) is 0 Å². The summed E-state index contributed by atoms with van der Waals surface area (Å²) < 4.78 is 37.6. The van der Waals surface area contributed by atoms with Crippen LogP contribution < -0.4 is 5.73 Å². The van der Waals surface area contributed by atoms with Gasteiger partial charge >= 0.3 is 6.18 Å². The molecular weight excluding hydrogens is 227 g/mol. The van der Waals surface area contributed by atoms with Crippen molar-refractivity contribution in [2.75, 3.05) is 0 Å². The average Bonchev–Trinajstić information content (AvgIpc) is 2.16. The molecule has 4 heteroatoms. The van der Waals surface area contributed by atoms with Crippen LogP contribution in [-0.2, 0) is 0 Å². The third kappa shape index (κ3) is 4.49. The Bertz CT molecular complexity index is 229. The lowest BCUT2D eigenvalue weighted by atomic mass is 9.72. The summed E-state index contributed by atoms with van der Waals surface area (Å²) in [6.45, 7) is 4.27. The Labute approximate surface area is 102 Å². The van der Waals surface area contributed by atoms with Gasteiger partial charge in [-0.15, -0.1) is 0 Å². The number of alkyl halides is 3. The van der Waals surface area contributed by atoms with Crippen molar-refractivity contribution in [2.45, 2.75) is 70.5 Å². The molecule has 1 nitrogen and oxygen atoms in total. The fraction of sp³-hybridized carbons (Fsp3) is 1.00. The highest BCUT2D eigenvalue weighted by atomic mass is 19.4. The van der Waals surface area contributed by atoms with Gasteiger partial charge < -0.3 is 5.73 Å². The molecule has 0 spiro atoms. The van der Waals surface area contributed by atoms with E-state index in [-0.39, 0.29) is 18.4 Å². The molecule has 0 aromatic heterocycles. The standard InChI is InChI=1S/C13H24F3N/c1-3-4-10(2)9-12(17)7-5-11(6-8-12)13(14,15)16/h10-11H,3-9,17H2,1-2H3. The zero-order valence-electron chi connectivity index (χ0n) is 10.8. The van der Waals surface area contributed by atoms with E-state index in [1.165, 1.54) is 0 Å². The highest BCUT2D eigenvalue weighted by molar-refractivity contribution is 4.92. The Balaban J connectivity index is 2.44. The predicted molar refractivity (Wildman–Crippen MR) is 63.6 cm³/mol. The quantitative estimate of drug-likeness (QED) is 0.793. The maximum atomic E-state index is 12.5. The molecule has 0 heterocycles. The van der Waals surface area contributed by atoms with Gasteiger partial charge in [-0.3, -0.25) is 0 Å². The van der Waals surface area contributed by atoms with Crippen LogP contribution in [0.1, 0.15) is 58.8 Å². The largest absolute Gasteiger partial charge is 0.391 e. The SMILES string of the molecule is CCCC(C)CC1(N)CCC(C(F)(F)F)CC1. The van der Waals surface area contributed by atoms with Crippen molar-refractivity contribution >= 4 is 0 Å². The van der Waals surface area contributed by atoms with E-state index < -0.39 is 12.1 Å². The summed E-state index contributed by atoms with van der Waals surface area (Å²) in [5.74, 6) is -0.604. The fourth-order valence-electron chi connectivity index (χ4n) is 3.01. The number of nitrogens with two attached hydrogens (primary N) is 1. The van der Waals surface area contributed by atoms with Crippen LogP contribution in [0.3, 0.4) is 0 Å². The fourth-order valence-corrected chi connectivity index (χ4v) is 3.01. The normalized spacial score (nSPS) is 32.5. The number of hydrogen-bond acceptors (Lipinski definition) is 1. The van der Waals surface area contributed by atoms with E-state index >= 15 is 0 Å². The molecule has 0 amide bonds. The molecule has 1 unspecified atom stereocenters. The first-order valence-electron chi connectivity index (χ1n) is 6.62. The maximum Gasteiger partial charge on any atom is 0.391 e. The molecular formula is C13H24F3N. The van der Waals surface area contributed by atoms with Gasteiger partial charge in [0.05, 0.1) is 5.92 Å². The Kier molecular flexibility index (Phi) is 4.87. The molecule has 0 bridgehead atoms. The molecule has 1 aliphatic rings. The van der Waals surface area contributed by atoms with Crippen molar-refractivity contribution in [2.24, 2.45) is 17.6 Å². The van der Waals surface area contributed by atoms with Crippen molar-refractivity contribution in [3.8, 4) is 0 Å². The van der Waals surface area contributed by atoms with E-state index in [0.717, 1.165) is 19.3 Å². The Morgan fingerprint density at radius 2 is 1.82 bits per heavy atom. The van der Waals surface area contributed by atoms with Gasteiger partial charge in [-0.25, -0.2) is 0 Å². The van der Waals surface area contributed by atoms with Gasteiger partial charge in [-0.05, 0) is 38.0 Å². The molecule has 1 saturated carbocycles. The summed E-state index contributed by atoms with van der Waals surface area (Å²) in [6.07, 6.45) is 0.514. The molecule has 0 aromatic carbocycles. The highest BCUT2D eigenvalue weighted by Gasteiger charge is 2.44. The van der Waals surface area contributed by atoms with Gasteiger partial charge in [-0.1, -0.05) is 26.7 Å². The lowest BCUT2D eigenvalue weighted by Crippen LogP contribution is -2.46. The summed E-state index contributed by atoms with van der Waals surface area (Å²) >= 11 is 0. The minimum absolute atomic E-state index is 0.207. The summed E-state index contributed by atoms with van der Waals surface area (Å²) in [4.78, 5) is 0. The zero-order chi connectivity index (χ0) is 13.1. The minimum Gasteiger partial charge on any atom is -0.325 e. The molecule has 1 aliphatic carbocycles. The van der Waals surface area contributed by atoms with Crippen LogP contribution in [0.15, 0.2) is 0 Å². The van der Waals surface area contributed by atoms with E-state index in [0.29, 0.717) is 18.8 Å². The lowest BCUT2D eigenvalue weighted by Gasteiger charge is -2.39. The molecule has 102 valence electrons. The minimum atomic E-state index is -4.03. The average molecular weight is 251 g/mol. The lowest BCUT2D eigenvalue weighted by molar-refractivity contribution is -0.184. The number of halogens is 3. The molecule has 0 aromatic rings. The van der Waals surface area contributed by atoms with Crippen molar-refractivity contribution in [3.05, 3.63) is 0 Å². The maximum absolute atomic E-state index is 12.5. The zero-order valence-corrected chi connectivity index (χ0v) is 10.8. The molecule has 0 aliphatic heterocycles. The summed E-state index contributed by atoms with van der Waals surface area (Å²) in [6, 6.07) is 0. The third-order valence-electron chi connectivity index (χ3n) is 3.98. The Morgan fingerprint density at radius 1 is 1.29 bits per heavy atom. The second kappa shape index (κ2) is 5.59. The van der Waals surface area contributed by atoms with Gasteiger partial charge in [0.25, 0.3) is 0 Å². The molecule has 0 radical (unpaired) electrons. The first-order valence-corrected chi connectivity index (χ1v) is 6.62. The smallest absolute Gasteiger partial charge is 0.325 e. The third-order valence-corrected chi connectivity index (χ3v) is 3.98.